The second-order valence-corrected chi connectivity index (χ2v) is 11.1. The average Bonchev–Trinajstić information content (AvgIpc) is 3.66. The molecule has 1 saturated carbocycles. The summed E-state index contributed by atoms with van der Waals surface area (Å²) in [6.45, 7) is 8.04. The zero-order valence-corrected chi connectivity index (χ0v) is 20.9. The Balaban J connectivity index is 1.26. The van der Waals surface area contributed by atoms with Gasteiger partial charge in [-0.3, -0.25) is 9.59 Å². The number of ketones is 1. The van der Waals surface area contributed by atoms with Gasteiger partial charge in [-0.1, -0.05) is 59.0 Å². The van der Waals surface area contributed by atoms with Crippen LogP contribution in [0.3, 0.4) is 0 Å². The first kappa shape index (κ1) is 25.8. The molecule has 0 aromatic rings. The van der Waals surface area contributed by atoms with Gasteiger partial charge in [0.2, 0.25) is 5.91 Å². The van der Waals surface area contributed by atoms with Crippen molar-refractivity contribution in [2.24, 2.45) is 11.8 Å². The summed E-state index contributed by atoms with van der Waals surface area (Å²) in [5.41, 5.74) is -2.27. The largest absolute Gasteiger partial charge is 0.384 e. The van der Waals surface area contributed by atoms with E-state index in [0.717, 1.165) is 6.42 Å². The van der Waals surface area contributed by atoms with Crippen molar-refractivity contribution in [1.29, 1.82) is 0 Å². The average molecular weight is 480 g/mol. The van der Waals surface area contributed by atoms with Crippen LogP contribution in [0.5, 0.6) is 0 Å². The van der Waals surface area contributed by atoms with Crippen molar-refractivity contribution < 1.29 is 34.0 Å². The predicted molar refractivity (Wildman–Crippen MR) is 125 cm³/mol. The Morgan fingerprint density at radius 1 is 1.12 bits per heavy atom. The summed E-state index contributed by atoms with van der Waals surface area (Å²) < 4.78 is 17.4. The molecule has 3 N–H and O–H groups in total. The number of carbonyl (C=O) groups excluding carboxylic acids is 2. The predicted octanol–water partition coefficient (Wildman–Crippen LogP) is 2.40. The highest BCUT2D eigenvalue weighted by Gasteiger charge is 2.83. The van der Waals surface area contributed by atoms with Gasteiger partial charge in [0, 0.05) is 12.8 Å². The Bertz CT molecular complexity index is 780. The smallest absolute Gasteiger partial charge is 0.244 e. The molecule has 0 aromatic carbocycles. The number of epoxide rings is 2. The van der Waals surface area contributed by atoms with E-state index < -0.39 is 47.9 Å². The zero-order chi connectivity index (χ0) is 24.7. The van der Waals surface area contributed by atoms with Crippen LogP contribution in [0.4, 0.5) is 0 Å². The molecule has 1 amide bonds. The maximum atomic E-state index is 12.6. The number of aliphatic hydroxyl groups is 2. The van der Waals surface area contributed by atoms with Crippen LogP contribution in [-0.4, -0.2) is 69.9 Å². The molecule has 1 spiro atoms. The van der Waals surface area contributed by atoms with Crippen LogP contribution in [0.25, 0.3) is 0 Å². The second-order valence-electron chi connectivity index (χ2n) is 11.1. The molecule has 192 valence electrons. The Morgan fingerprint density at radius 2 is 1.79 bits per heavy atom. The molecule has 2 unspecified atom stereocenters. The highest BCUT2D eigenvalue weighted by atomic mass is 16.7. The second kappa shape index (κ2) is 9.97. The molecule has 8 heteroatoms. The van der Waals surface area contributed by atoms with Gasteiger partial charge in [0.1, 0.15) is 41.4 Å². The van der Waals surface area contributed by atoms with Gasteiger partial charge in [0.05, 0.1) is 6.04 Å². The maximum absolute atomic E-state index is 12.6. The van der Waals surface area contributed by atoms with E-state index in [9.17, 15) is 19.8 Å². The number of unbranched alkanes of at least 4 members (excludes halogenated alkanes) is 3. The van der Waals surface area contributed by atoms with Crippen molar-refractivity contribution in [3.8, 4) is 0 Å². The Labute approximate surface area is 202 Å². The first-order chi connectivity index (χ1) is 16.1. The van der Waals surface area contributed by atoms with Gasteiger partial charge < -0.3 is 29.7 Å². The van der Waals surface area contributed by atoms with Crippen molar-refractivity contribution in [1.82, 2.24) is 5.32 Å². The molecule has 3 aliphatic heterocycles. The number of fused-ring (bicyclic) bond motifs is 4. The SMILES string of the molecule is CCCCCC[C@@H](C)C[C@H](C)/C=C\C(=O)N[C@H]1CC2(O[C@@H]1O)[C@@H]1O[C@@H]1C(O)(CC(C)=O)[C@@H]1O[C@@H]12. The van der Waals surface area contributed by atoms with Crippen LogP contribution in [0.1, 0.15) is 79.1 Å². The van der Waals surface area contributed by atoms with E-state index in [-0.39, 0.29) is 18.1 Å². The summed E-state index contributed by atoms with van der Waals surface area (Å²) in [5, 5.41) is 24.4. The van der Waals surface area contributed by atoms with Gasteiger partial charge in [-0.2, -0.15) is 0 Å². The molecule has 4 aliphatic rings. The number of Topliss-reactive ketones (excluding diaryl/α,β-unsaturated/α-hetero) is 1. The monoisotopic (exact) mass is 479 g/mol. The summed E-state index contributed by atoms with van der Waals surface area (Å²) in [6.07, 6.45) is 7.87. The summed E-state index contributed by atoms with van der Waals surface area (Å²) in [7, 11) is 0. The first-order valence-corrected chi connectivity index (χ1v) is 13.0. The number of ether oxygens (including phenoxy) is 3. The molecule has 4 rings (SSSR count). The molecule has 0 radical (unpaired) electrons. The fourth-order valence-electron chi connectivity index (χ4n) is 6.17. The van der Waals surface area contributed by atoms with E-state index in [1.165, 1.54) is 39.0 Å². The van der Waals surface area contributed by atoms with E-state index in [1.54, 1.807) is 6.08 Å². The van der Waals surface area contributed by atoms with Gasteiger partial charge in [-0.05, 0) is 31.3 Å². The van der Waals surface area contributed by atoms with E-state index in [4.69, 9.17) is 14.2 Å². The van der Waals surface area contributed by atoms with Crippen molar-refractivity contribution in [2.75, 3.05) is 0 Å². The quantitative estimate of drug-likeness (QED) is 0.223. The van der Waals surface area contributed by atoms with Gasteiger partial charge >= 0.3 is 0 Å². The number of hydrogen-bond acceptors (Lipinski definition) is 7. The van der Waals surface area contributed by atoms with E-state index >= 15 is 0 Å². The third-order valence-electron chi connectivity index (χ3n) is 7.92. The zero-order valence-electron chi connectivity index (χ0n) is 20.9. The molecule has 0 aromatic heterocycles. The summed E-state index contributed by atoms with van der Waals surface area (Å²) in [5.74, 6) is 0.515. The van der Waals surface area contributed by atoms with E-state index in [1.807, 2.05) is 6.08 Å². The number of aliphatic hydroxyl groups excluding tert-OH is 1. The van der Waals surface area contributed by atoms with Crippen molar-refractivity contribution in [3.05, 3.63) is 12.2 Å². The summed E-state index contributed by atoms with van der Waals surface area (Å²) >= 11 is 0. The fourth-order valence-corrected chi connectivity index (χ4v) is 6.17. The molecule has 4 fully saturated rings. The van der Waals surface area contributed by atoms with Crippen molar-refractivity contribution in [3.63, 3.8) is 0 Å². The lowest BCUT2D eigenvalue weighted by Crippen LogP contribution is -2.57. The molecule has 3 saturated heterocycles. The lowest BCUT2D eigenvalue weighted by molar-refractivity contribution is -0.161. The van der Waals surface area contributed by atoms with Crippen LogP contribution in [0.15, 0.2) is 12.2 Å². The third-order valence-corrected chi connectivity index (χ3v) is 7.92. The molecular weight excluding hydrogens is 438 g/mol. The Morgan fingerprint density at radius 3 is 2.41 bits per heavy atom. The summed E-state index contributed by atoms with van der Waals surface area (Å²) in [6, 6.07) is -0.598. The van der Waals surface area contributed by atoms with Gasteiger partial charge in [0.25, 0.3) is 0 Å². The van der Waals surface area contributed by atoms with Crippen LogP contribution in [0, 0.1) is 11.8 Å². The lowest BCUT2D eigenvalue weighted by Gasteiger charge is -2.33. The number of amides is 1. The van der Waals surface area contributed by atoms with Crippen molar-refractivity contribution in [2.45, 2.75) is 127 Å². The minimum atomic E-state index is -1.35. The highest BCUT2D eigenvalue weighted by Crippen LogP contribution is 2.62. The maximum Gasteiger partial charge on any atom is 0.244 e. The molecule has 1 aliphatic carbocycles. The minimum absolute atomic E-state index is 0.0333. The van der Waals surface area contributed by atoms with Crippen LogP contribution in [-0.2, 0) is 23.8 Å². The van der Waals surface area contributed by atoms with Gasteiger partial charge in [-0.25, -0.2) is 0 Å². The standard InChI is InChI=1S/C26H41NO7/c1-5-6-7-8-9-15(2)12-16(3)10-11-19(29)27-18-14-26(34-24(18)30)22-20(32-22)25(31,13-17(4)28)21-23(26)33-21/h10-11,15-16,18,20-24,30-31H,5-9,12-14H2,1-4H3,(H,27,29)/b11-10-/t15-,16-,18+,20-,21+,22+,23-,24+,25?,26?/m1/s1. The molecular formula is C26H41NO7. The molecule has 0 bridgehead atoms. The molecule has 8 nitrogen and oxygen atoms in total. The van der Waals surface area contributed by atoms with Crippen molar-refractivity contribution >= 4 is 11.7 Å². The lowest BCUT2D eigenvalue weighted by atomic mass is 9.72. The van der Waals surface area contributed by atoms with Crippen LogP contribution >= 0.6 is 0 Å². The fraction of sp³-hybridized carbons (Fsp3) is 0.846. The molecule has 3 heterocycles. The van der Waals surface area contributed by atoms with Gasteiger partial charge in [-0.15, -0.1) is 0 Å². The number of hydrogen-bond donors (Lipinski definition) is 3. The van der Waals surface area contributed by atoms with E-state index in [0.29, 0.717) is 18.3 Å². The molecule has 34 heavy (non-hydrogen) atoms. The Kier molecular flexibility index (Phi) is 7.56. The Hall–Kier alpha value is -1.32. The number of nitrogens with one attached hydrogen (secondary N) is 1. The third kappa shape index (κ3) is 5.12. The van der Waals surface area contributed by atoms with Gasteiger partial charge in [0.15, 0.2) is 6.29 Å². The van der Waals surface area contributed by atoms with Crippen LogP contribution < -0.4 is 5.32 Å². The topological polar surface area (TPSA) is 121 Å². The first-order valence-electron chi connectivity index (χ1n) is 13.0. The van der Waals surface area contributed by atoms with Crippen LogP contribution in [0.2, 0.25) is 0 Å². The minimum Gasteiger partial charge on any atom is -0.384 e. The summed E-state index contributed by atoms with van der Waals surface area (Å²) in [4.78, 5) is 24.2. The number of allylic oxidation sites excluding steroid dienone is 1. The number of rotatable bonds is 12. The normalized spacial score (nSPS) is 41.7. The molecule has 10 atom stereocenters. The highest BCUT2D eigenvalue weighted by molar-refractivity contribution is 5.87. The number of carbonyl (C=O) groups is 2. The van der Waals surface area contributed by atoms with E-state index in [2.05, 4.69) is 26.1 Å².